The van der Waals surface area contributed by atoms with E-state index < -0.39 is 9.92 Å². The molecule has 3 rings (SSSR count). The van der Waals surface area contributed by atoms with Crippen LogP contribution in [0.1, 0.15) is 14.5 Å². The Bertz CT molecular complexity index is 1100. The minimum absolute atomic E-state index is 0.238. The highest BCUT2D eigenvalue weighted by atomic mass is 79.9. The third-order valence-corrected chi connectivity index (χ3v) is 5.68. The molecule has 0 aliphatic carbocycles. The Balaban J connectivity index is 1.84. The first-order valence-electron chi connectivity index (χ1n) is 7.86. The van der Waals surface area contributed by atoms with Crippen LogP contribution in [0.5, 0.6) is 0 Å². The molecule has 1 unspecified atom stereocenters. The van der Waals surface area contributed by atoms with E-state index in [1.165, 1.54) is 17.6 Å². The highest BCUT2D eigenvalue weighted by molar-refractivity contribution is 9.10. The third kappa shape index (κ3) is 5.15. The fourth-order valence-corrected chi connectivity index (χ4v) is 4.49. The van der Waals surface area contributed by atoms with Crippen molar-refractivity contribution in [3.05, 3.63) is 62.9 Å². The van der Waals surface area contributed by atoms with Gasteiger partial charge in [-0.1, -0.05) is 22.0 Å². The molecule has 140 valence electrons. The normalized spacial score (nSPS) is 13.0. The van der Waals surface area contributed by atoms with Crippen LogP contribution in [0.3, 0.4) is 0 Å². The van der Waals surface area contributed by atoms with Crippen molar-refractivity contribution in [3.8, 4) is 11.3 Å². The Morgan fingerprint density at radius 3 is 2.63 bits per heavy atom. The third-order valence-electron chi connectivity index (χ3n) is 3.55. The molecule has 1 amide bonds. The second kappa shape index (κ2) is 7.79. The molecule has 0 radical (unpaired) electrons. The molecule has 0 saturated heterocycles. The van der Waals surface area contributed by atoms with Gasteiger partial charge in [0.25, 0.3) is 5.91 Å². The topological polar surface area (TPSA) is 94.9 Å². The van der Waals surface area contributed by atoms with Crippen molar-refractivity contribution in [2.24, 2.45) is 0 Å². The number of rotatable bonds is 5. The number of hydrogen-bond acceptors (Lipinski definition) is 5. The van der Waals surface area contributed by atoms with E-state index in [0.29, 0.717) is 20.7 Å². The van der Waals surface area contributed by atoms with Gasteiger partial charge < -0.3 is 5.32 Å². The number of carbonyl (C=O) groups is 1. The monoisotopic (exact) mass is 464 g/mol. The van der Waals surface area contributed by atoms with Gasteiger partial charge in [0, 0.05) is 33.1 Å². The van der Waals surface area contributed by atoms with Gasteiger partial charge in [-0.3, -0.25) is 14.5 Å². The summed E-state index contributed by atoms with van der Waals surface area (Å²) in [6, 6.07) is 12.6. The highest BCUT2D eigenvalue weighted by Crippen LogP contribution is 2.31. The van der Waals surface area contributed by atoms with Crippen LogP contribution in [0.25, 0.3) is 11.3 Å². The molecule has 0 bridgehead atoms. The summed E-state index contributed by atoms with van der Waals surface area (Å²) in [5.74, 6) is -0.238. The number of aryl methyl sites for hydroxylation is 1. The molecule has 2 heterocycles. The van der Waals surface area contributed by atoms with E-state index >= 15 is 0 Å². The number of anilines is 2. The molecule has 2 aromatic heterocycles. The number of thiophene rings is 1. The van der Waals surface area contributed by atoms with Crippen LogP contribution in [0, 0.1) is 11.7 Å². The summed E-state index contributed by atoms with van der Waals surface area (Å²) in [5.41, 5.74) is 2.78. The lowest BCUT2D eigenvalue weighted by Gasteiger charge is -2.10. The molecule has 1 atom stereocenters. The number of benzene rings is 1. The molecule has 3 aromatic rings. The molecule has 1 aromatic carbocycles. The molecule has 0 spiro atoms. The van der Waals surface area contributed by atoms with Crippen molar-refractivity contribution in [2.75, 3.05) is 16.3 Å². The van der Waals surface area contributed by atoms with Crippen LogP contribution in [-0.2, 0) is 9.92 Å². The highest BCUT2D eigenvalue weighted by Gasteiger charge is 2.15. The number of hydrogen-bond donors (Lipinski definition) is 3. The first-order valence-corrected chi connectivity index (χ1v) is 11.4. The smallest absolute Gasteiger partial charge is 0.265 e. The van der Waals surface area contributed by atoms with E-state index in [1.54, 1.807) is 24.4 Å². The molecule has 0 aliphatic rings. The second-order valence-electron chi connectivity index (χ2n) is 5.92. The predicted octanol–water partition coefficient (Wildman–Crippen LogP) is 5.14. The van der Waals surface area contributed by atoms with Gasteiger partial charge in [0.1, 0.15) is 9.92 Å². The van der Waals surface area contributed by atoms with E-state index in [2.05, 4.69) is 31.0 Å². The van der Waals surface area contributed by atoms with E-state index in [9.17, 15) is 9.00 Å². The number of nitrogens with zero attached hydrogens (tertiary/aromatic N) is 1. The quantitative estimate of drug-likeness (QED) is 0.487. The molecule has 0 fully saturated rings. The average molecular weight is 465 g/mol. The molecule has 3 N–H and O–H groups in total. The molecule has 6 nitrogen and oxygen atoms in total. The number of carbonyl (C=O) groups excluding carboxylic acids is 1. The Kier molecular flexibility index (Phi) is 5.64. The fourth-order valence-electron chi connectivity index (χ4n) is 2.51. The van der Waals surface area contributed by atoms with Crippen molar-refractivity contribution in [2.45, 2.75) is 6.92 Å². The van der Waals surface area contributed by atoms with E-state index in [0.717, 1.165) is 16.1 Å². The van der Waals surface area contributed by atoms with Crippen LogP contribution in [0.4, 0.5) is 11.4 Å². The number of aromatic nitrogens is 1. The van der Waals surface area contributed by atoms with Crippen molar-refractivity contribution in [1.29, 1.82) is 4.78 Å². The standard InChI is InChI=1S/C18H17BrN4O2S2/c1-11-15(16-5-3-4-6-21-16)10-17(26-11)18(24)22-13-7-12(19)8-14(9-13)23-27(2,20)25/h3-10H,1-2H3,(H,22,24)(H2,20,23,25). The second-order valence-corrected chi connectivity index (χ2v) is 9.99. The first-order chi connectivity index (χ1) is 12.7. The summed E-state index contributed by atoms with van der Waals surface area (Å²) in [6.07, 6.45) is 3.01. The Morgan fingerprint density at radius 1 is 1.22 bits per heavy atom. The van der Waals surface area contributed by atoms with Crippen molar-refractivity contribution < 1.29 is 9.00 Å². The summed E-state index contributed by atoms with van der Waals surface area (Å²) in [5, 5.41) is 2.84. The number of pyridine rings is 1. The molecular weight excluding hydrogens is 448 g/mol. The number of nitrogens with one attached hydrogen (secondary N) is 3. The molecule has 9 heteroatoms. The average Bonchev–Trinajstić information content (AvgIpc) is 2.95. The summed E-state index contributed by atoms with van der Waals surface area (Å²) in [4.78, 5) is 18.6. The van der Waals surface area contributed by atoms with Gasteiger partial charge in [-0.2, -0.15) is 0 Å². The fraction of sp³-hybridized carbons (Fsp3) is 0.111. The van der Waals surface area contributed by atoms with E-state index in [1.807, 2.05) is 31.2 Å². The summed E-state index contributed by atoms with van der Waals surface area (Å²) < 4.78 is 22.5. The van der Waals surface area contributed by atoms with E-state index in [-0.39, 0.29) is 5.91 Å². The van der Waals surface area contributed by atoms with Crippen molar-refractivity contribution >= 4 is 54.5 Å². The van der Waals surface area contributed by atoms with Crippen LogP contribution < -0.4 is 10.0 Å². The van der Waals surface area contributed by atoms with E-state index in [4.69, 9.17) is 4.78 Å². The molecule has 27 heavy (non-hydrogen) atoms. The summed E-state index contributed by atoms with van der Waals surface area (Å²) in [6.45, 7) is 1.96. The Hall–Kier alpha value is -2.23. The maximum atomic E-state index is 12.7. The van der Waals surface area contributed by atoms with Gasteiger partial charge in [-0.15, -0.1) is 11.3 Å². The Morgan fingerprint density at radius 2 is 1.96 bits per heavy atom. The minimum atomic E-state index is -2.91. The Labute approximate surface area is 170 Å². The van der Waals surface area contributed by atoms with Gasteiger partial charge in [0.2, 0.25) is 0 Å². The van der Waals surface area contributed by atoms with Crippen LogP contribution in [0.2, 0.25) is 0 Å². The van der Waals surface area contributed by atoms with Crippen molar-refractivity contribution in [3.63, 3.8) is 0 Å². The first kappa shape index (κ1) is 19.5. The van der Waals surface area contributed by atoms with Crippen molar-refractivity contribution in [1.82, 2.24) is 4.98 Å². The largest absolute Gasteiger partial charge is 0.321 e. The summed E-state index contributed by atoms with van der Waals surface area (Å²) in [7, 11) is -2.91. The molecule has 0 saturated carbocycles. The zero-order valence-corrected chi connectivity index (χ0v) is 17.8. The zero-order chi connectivity index (χ0) is 19.6. The maximum Gasteiger partial charge on any atom is 0.265 e. The SMILES string of the molecule is Cc1sc(C(=O)Nc2cc(Br)cc(NS(C)(=N)=O)c2)cc1-c1ccccn1. The van der Waals surface area contributed by atoms with Crippen LogP contribution in [-0.4, -0.2) is 21.4 Å². The zero-order valence-electron chi connectivity index (χ0n) is 14.6. The van der Waals surface area contributed by atoms with Gasteiger partial charge in [-0.25, -0.2) is 8.99 Å². The van der Waals surface area contributed by atoms with Gasteiger partial charge in [0.05, 0.1) is 16.3 Å². The lowest BCUT2D eigenvalue weighted by atomic mass is 10.1. The minimum Gasteiger partial charge on any atom is -0.321 e. The maximum absolute atomic E-state index is 12.7. The van der Waals surface area contributed by atoms with Crippen LogP contribution >= 0.6 is 27.3 Å². The van der Waals surface area contributed by atoms with Gasteiger partial charge >= 0.3 is 0 Å². The number of amides is 1. The lowest BCUT2D eigenvalue weighted by Crippen LogP contribution is -2.12. The molecular formula is C18H17BrN4O2S2. The molecule has 0 aliphatic heterocycles. The predicted molar refractivity (Wildman–Crippen MR) is 115 cm³/mol. The summed E-state index contributed by atoms with van der Waals surface area (Å²) >= 11 is 4.76. The lowest BCUT2D eigenvalue weighted by molar-refractivity contribution is 0.103. The van der Waals surface area contributed by atoms with Gasteiger partial charge in [0.15, 0.2) is 0 Å². The number of halogens is 1. The van der Waals surface area contributed by atoms with Crippen LogP contribution in [0.15, 0.2) is 53.1 Å². The van der Waals surface area contributed by atoms with Gasteiger partial charge in [-0.05, 0) is 43.3 Å².